The minimum absolute atomic E-state index is 0.0534. The number of ether oxygens (including phenoxy) is 2. The van der Waals surface area contributed by atoms with Gasteiger partial charge < -0.3 is 9.47 Å². The molecule has 3 heteroatoms. The van der Waals surface area contributed by atoms with E-state index in [9.17, 15) is 4.79 Å². The zero-order valence-corrected chi connectivity index (χ0v) is 9.84. The third-order valence-electron chi connectivity index (χ3n) is 3.93. The molecule has 0 spiro atoms. The van der Waals surface area contributed by atoms with E-state index in [1.165, 1.54) is 12.7 Å². The number of hydrogen-bond acceptors (Lipinski definition) is 3. The predicted molar refractivity (Wildman–Crippen MR) is 62.6 cm³/mol. The Hall–Kier alpha value is -1.35. The highest BCUT2D eigenvalue weighted by molar-refractivity contribution is 5.75. The third kappa shape index (κ3) is 1.65. The van der Waals surface area contributed by atoms with Crippen molar-refractivity contribution in [2.24, 2.45) is 5.92 Å². The lowest BCUT2D eigenvalue weighted by Gasteiger charge is -2.26. The standard InChI is InChI=1S/C14H16O3/c1-16-14(15)13-11-8-7-10(17-11)12(13)9-5-3-2-4-6-9/h2-6,10-13H,7-8H2,1H3/t10-,11+,12-,13?/m0/s1. The number of methoxy groups -OCH3 is 1. The Kier molecular flexibility index (Phi) is 2.63. The van der Waals surface area contributed by atoms with Gasteiger partial charge in [0.05, 0.1) is 25.2 Å². The second-order valence-electron chi connectivity index (χ2n) is 4.78. The molecule has 0 aliphatic carbocycles. The summed E-state index contributed by atoms with van der Waals surface area (Å²) in [6.07, 6.45) is 2.27. The van der Waals surface area contributed by atoms with E-state index in [4.69, 9.17) is 9.47 Å². The summed E-state index contributed by atoms with van der Waals surface area (Å²) in [6, 6.07) is 10.2. The van der Waals surface area contributed by atoms with Gasteiger partial charge in [-0.05, 0) is 18.4 Å². The number of carbonyl (C=O) groups is 1. The van der Waals surface area contributed by atoms with Crippen LogP contribution in [0.25, 0.3) is 0 Å². The van der Waals surface area contributed by atoms with Crippen LogP contribution in [-0.4, -0.2) is 25.3 Å². The van der Waals surface area contributed by atoms with Crippen LogP contribution in [0.4, 0.5) is 0 Å². The Balaban J connectivity index is 1.94. The van der Waals surface area contributed by atoms with E-state index in [0.717, 1.165) is 12.8 Å². The van der Waals surface area contributed by atoms with E-state index < -0.39 is 0 Å². The first kappa shape index (κ1) is 10.8. The van der Waals surface area contributed by atoms with Crippen molar-refractivity contribution in [1.82, 2.24) is 0 Å². The molecule has 2 aliphatic heterocycles. The fraction of sp³-hybridized carbons (Fsp3) is 0.500. The summed E-state index contributed by atoms with van der Waals surface area (Å²) in [5.74, 6) is -0.0883. The second-order valence-corrected chi connectivity index (χ2v) is 4.78. The van der Waals surface area contributed by atoms with Crippen LogP contribution in [0.2, 0.25) is 0 Å². The maximum Gasteiger partial charge on any atom is 0.312 e. The van der Waals surface area contributed by atoms with Crippen LogP contribution >= 0.6 is 0 Å². The van der Waals surface area contributed by atoms with Crippen LogP contribution in [0.15, 0.2) is 30.3 Å². The largest absolute Gasteiger partial charge is 0.469 e. The molecule has 3 nitrogen and oxygen atoms in total. The van der Waals surface area contributed by atoms with Crippen LogP contribution in [0.5, 0.6) is 0 Å². The molecule has 1 aromatic carbocycles. The van der Waals surface area contributed by atoms with Gasteiger partial charge in [-0.1, -0.05) is 30.3 Å². The summed E-state index contributed by atoms with van der Waals surface area (Å²) in [7, 11) is 1.45. The van der Waals surface area contributed by atoms with E-state index in [0.29, 0.717) is 0 Å². The average Bonchev–Trinajstić information content (AvgIpc) is 2.99. The fourth-order valence-corrected chi connectivity index (χ4v) is 3.21. The molecule has 0 N–H and O–H groups in total. The van der Waals surface area contributed by atoms with Crippen LogP contribution in [-0.2, 0) is 14.3 Å². The van der Waals surface area contributed by atoms with Gasteiger partial charge in [-0.3, -0.25) is 4.79 Å². The smallest absolute Gasteiger partial charge is 0.312 e. The average molecular weight is 232 g/mol. The van der Waals surface area contributed by atoms with Gasteiger partial charge in [-0.25, -0.2) is 0 Å². The normalized spacial score (nSPS) is 34.9. The molecule has 2 fully saturated rings. The zero-order chi connectivity index (χ0) is 11.8. The molecule has 17 heavy (non-hydrogen) atoms. The molecule has 4 atom stereocenters. The first-order valence-electron chi connectivity index (χ1n) is 6.09. The number of hydrogen-bond donors (Lipinski definition) is 0. The molecule has 1 aromatic rings. The molecule has 2 aliphatic rings. The van der Waals surface area contributed by atoms with E-state index in [-0.39, 0.29) is 30.0 Å². The van der Waals surface area contributed by atoms with Crippen LogP contribution in [0.3, 0.4) is 0 Å². The number of esters is 1. The van der Waals surface area contributed by atoms with Gasteiger partial charge in [-0.2, -0.15) is 0 Å². The number of carbonyl (C=O) groups excluding carboxylic acids is 1. The zero-order valence-electron chi connectivity index (χ0n) is 9.84. The van der Waals surface area contributed by atoms with E-state index in [2.05, 4.69) is 12.1 Å². The molecule has 0 radical (unpaired) electrons. The van der Waals surface area contributed by atoms with E-state index >= 15 is 0 Å². The summed E-state index contributed by atoms with van der Waals surface area (Å²) in [5, 5.41) is 0. The first-order valence-corrected chi connectivity index (χ1v) is 6.09. The van der Waals surface area contributed by atoms with Gasteiger partial charge >= 0.3 is 5.97 Å². The Labute approximate surface area is 101 Å². The highest BCUT2D eigenvalue weighted by atomic mass is 16.5. The van der Waals surface area contributed by atoms with E-state index in [1.807, 2.05) is 18.2 Å². The first-order chi connectivity index (χ1) is 8.31. The summed E-state index contributed by atoms with van der Waals surface area (Å²) in [5.41, 5.74) is 1.19. The van der Waals surface area contributed by atoms with Crippen molar-refractivity contribution < 1.29 is 14.3 Å². The highest BCUT2D eigenvalue weighted by Gasteiger charge is 2.53. The summed E-state index contributed by atoms with van der Waals surface area (Å²) in [6.45, 7) is 0. The van der Waals surface area contributed by atoms with Crippen molar-refractivity contribution in [2.45, 2.75) is 31.0 Å². The van der Waals surface area contributed by atoms with E-state index in [1.54, 1.807) is 0 Å². The van der Waals surface area contributed by atoms with Crippen molar-refractivity contribution in [3.8, 4) is 0 Å². The molecule has 2 bridgehead atoms. The van der Waals surface area contributed by atoms with Crippen LogP contribution in [0, 0.1) is 5.92 Å². The lowest BCUT2D eigenvalue weighted by atomic mass is 9.75. The van der Waals surface area contributed by atoms with Gasteiger partial charge in [0.25, 0.3) is 0 Å². The number of rotatable bonds is 2. The molecular formula is C14H16O3. The van der Waals surface area contributed by atoms with Gasteiger partial charge in [-0.15, -0.1) is 0 Å². The topological polar surface area (TPSA) is 35.5 Å². The molecule has 0 amide bonds. The monoisotopic (exact) mass is 232 g/mol. The van der Waals surface area contributed by atoms with Gasteiger partial charge in [0, 0.05) is 5.92 Å². The molecule has 3 rings (SSSR count). The molecule has 1 unspecified atom stereocenters. The van der Waals surface area contributed by atoms with Gasteiger partial charge in [0.1, 0.15) is 0 Å². The number of benzene rings is 1. The maximum absolute atomic E-state index is 11.9. The third-order valence-corrected chi connectivity index (χ3v) is 3.93. The Morgan fingerprint density at radius 3 is 2.65 bits per heavy atom. The highest BCUT2D eigenvalue weighted by Crippen LogP contribution is 2.49. The van der Waals surface area contributed by atoms with Crippen molar-refractivity contribution in [1.29, 1.82) is 0 Å². The molecule has 0 aromatic heterocycles. The Morgan fingerprint density at radius 2 is 1.94 bits per heavy atom. The van der Waals surface area contributed by atoms with Crippen LogP contribution < -0.4 is 0 Å². The summed E-state index contributed by atoms with van der Waals surface area (Å²) < 4.78 is 10.8. The predicted octanol–water partition coefficient (Wildman–Crippen LogP) is 2.12. The molecule has 2 heterocycles. The second kappa shape index (κ2) is 4.15. The molecular weight excluding hydrogens is 216 g/mol. The molecule has 0 saturated carbocycles. The van der Waals surface area contributed by atoms with Crippen molar-refractivity contribution in [3.63, 3.8) is 0 Å². The Morgan fingerprint density at radius 1 is 1.24 bits per heavy atom. The minimum Gasteiger partial charge on any atom is -0.469 e. The minimum atomic E-state index is -0.133. The lowest BCUT2D eigenvalue weighted by molar-refractivity contribution is -0.147. The fourth-order valence-electron chi connectivity index (χ4n) is 3.21. The van der Waals surface area contributed by atoms with Crippen molar-refractivity contribution in [3.05, 3.63) is 35.9 Å². The SMILES string of the molecule is COC(=O)C1[C@@H](c2ccccc2)[C@@H]2CC[C@H]1O2. The van der Waals surface area contributed by atoms with Gasteiger partial charge in [0.15, 0.2) is 0 Å². The quantitative estimate of drug-likeness (QED) is 0.733. The van der Waals surface area contributed by atoms with Crippen molar-refractivity contribution >= 4 is 5.97 Å². The summed E-state index contributed by atoms with van der Waals surface area (Å²) >= 11 is 0. The summed E-state index contributed by atoms with van der Waals surface area (Å²) in [4.78, 5) is 11.9. The Bertz CT molecular complexity index is 415. The lowest BCUT2D eigenvalue weighted by Crippen LogP contribution is -2.32. The molecule has 2 saturated heterocycles. The number of fused-ring (bicyclic) bond motifs is 2. The van der Waals surface area contributed by atoms with Crippen LogP contribution in [0.1, 0.15) is 24.3 Å². The van der Waals surface area contributed by atoms with Gasteiger partial charge in [0.2, 0.25) is 0 Å². The van der Waals surface area contributed by atoms with Crippen molar-refractivity contribution in [2.75, 3.05) is 7.11 Å². The maximum atomic E-state index is 11.9. The molecule has 90 valence electrons.